The van der Waals surface area contributed by atoms with Crippen molar-refractivity contribution in [2.24, 2.45) is 0 Å². The maximum atomic E-state index is 6.01. The molecule has 0 bridgehead atoms. The summed E-state index contributed by atoms with van der Waals surface area (Å²) in [4.78, 5) is 7.28. The number of hydrogen-bond donors (Lipinski definition) is 2. The normalized spacial score (nSPS) is 16.0. The zero-order valence-electron chi connectivity index (χ0n) is 12.3. The molecule has 1 saturated heterocycles. The van der Waals surface area contributed by atoms with Crippen molar-refractivity contribution in [2.45, 2.75) is 26.8 Å². The Kier molecular flexibility index (Phi) is 3.53. The molecule has 0 atom stereocenters. The molecule has 0 spiro atoms. The second kappa shape index (κ2) is 5.32. The second-order valence-corrected chi connectivity index (χ2v) is 5.51. The summed E-state index contributed by atoms with van der Waals surface area (Å²) in [5.74, 6) is 1.09. The molecular formula is C15H23N5. The van der Waals surface area contributed by atoms with Crippen LogP contribution in [0.5, 0.6) is 0 Å². The summed E-state index contributed by atoms with van der Waals surface area (Å²) in [5.41, 5.74) is 10.2. The average Bonchev–Trinajstić information content (AvgIpc) is 2.80. The van der Waals surface area contributed by atoms with Crippen LogP contribution in [0.25, 0.3) is 11.0 Å². The van der Waals surface area contributed by atoms with Crippen LogP contribution < -0.4 is 16.0 Å². The van der Waals surface area contributed by atoms with Crippen LogP contribution >= 0.6 is 0 Å². The fraction of sp³-hybridized carbons (Fsp3) is 0.533. The third-order valence-corrected chi connectivity index (χ3v) is 3.89. The highest BCUT2D eigenvalue weighted by molar-refractivity contribution is 5.85. The lowest BCUT2D eigenvalue weighted by molar-refractivity contribution is 0.564. The number of nitrogens with two attached hydrogens (primary N) is 1. The molecule has 0 unspecified atom stereocenters. The van der Waals surface area contributed by atoms with Gasteiger partial charge in [-0.1, -0.05) is 6.92 Å². The Bertz CT molecular complexity index is 610. The van der Waals surface area contributed by atoms with E-state index in [2.05, 4.69) is 34.7 Å². The van der Waals surface area contributed by atoms with Gasteiger partial charge in [-0.3, -0.25) is 0 Å². The molecule has 0 saturated carbocycles. The second-order valence-electron chi connectivity index (χ2n) is 5.51. The van der Waals surface area contributed by atoms with Gasteiger partial charge in [0.1, 0.15) is 0 Å². The van der Waals surface area contributed by atoms with Crippen LogP contribution in [0.1, 0.15) is 18.9 Å². The molecule has 1 aliphatic rings. The number of nitrogens with one attached hydrogen (secondary N) is 1. The molecule has 5 heteroatoms. The van der Waals surface area contributed by atoms with Gasteiger partial charge in [0.25, 0.3) is 0 Å². The van der Waals surface area contributed by atoms with Gasteiger partial charge in [-0.15, -0.1) is 0 Å². The molecule has 3 N–H and O–H groups in total. The molecule has 3 rings (SSSR count). The van der Waals surface area contributed by atoms with Crippen molar-refractivity contribution in [3.8, 4) is 0 Å². The number of piperazine rings is 1. The minimum absolute atomic E-state index is 0.819. The standard InChI is InChI=1S/C15H23N5/c1-3-6-20-13-10-12(16)9-11(2)14(13)18-15(20)19-7-4-17-5-8-19/h9-10,17H,3-8,16H2,1-2H3. The van der Waals surface area contributed by atoms with E-state index in [1.165, 1.54) is 0 Å². The average molecular weight is 273 g/mol. The Labute approximate surface area is 119 Å². The molecular weight excluding hydrogens is 250 g/mol. The number of nitrogen functional groups attached to an aromatic ring is 1. The van der Waals surface area contributed by atoms with Crippen LogP contribution in [0.3, 0.4) is 0 Å². The monoisotopic (exact) mass is 273 g/mol. The van der Waals surface area contributed by atoms with E-state index in [1.807, 2.05) is 6.07 Å². The third-order valence-electron chi connectivity index (χ3n) is 3.89. The first-order valence-corrected chi connectivity index (χ1v) is 7.42. The van der Waals surface area contributed by atoms with Gasteiger partial charge in [-0.05, 0) is 31.0 Å². The fourth-order valence-electron chi connectivity index (χ4n) is 2.96. The van der Waals surface area contributed by atoms with Crippen molar-refractivity contribution in [1.82, 2.24) is 14.9 Å². The van der Waals surface area contributed by atoms with Crippen molar-refractivity contribution >= 4 is 22.7 Å². The minimum Gasteiger partial charge on any atom is -0.399 e. The zero-order chi connectivity index (χ0) is 14.1. The van der Waals surface area contributed by atoms with Gasteiger partial charge in [0.15, 0.2) is 0 Å². The van der Waals surface area contributed by atoms with E-state index in [0.717, 1.165) is 67.4 Å². The van der Waals surface area contributed by atoms with Crippen molar-refractivity contribution in [1.29, 1.82) is 0 Å². The summed E-state index contributed by atoms with van der Waals surface area (Å²) in [6.45, 7) is 9.35. The lowest BCUT2D eigenvalue weighted by atomic mass is 10.2. The summed E-state index contributed by atoms with van der Waals surface area (Å²) in [6.07, 6.45) is 1.10. The summed E-state index contributed by atoms with van der Waals surface area (Å²) in [5, 5.41) is 3.39. The first kappa shape index (κ1) is 13.2. The highest BCUT2D eigenvalue weighted by atomic mass is 15.3. The molecule has 1 aromatic heterocycles. The molecule has 1 aromatic carbocycles. The number of benzene rings is 1. The molecule has 5 nitrogen and oxygen atoms in total. The van der Waals surface area contributed by atoms with E-state index in [0.29, 0.717) is 0 Å². The maximum absolute atomic E-state index is 6.01. The molecule has 2 aromatic rings. The summed E-state index contributed by atoms with van der Waals surface area (Å²) < 4.78 is 2.32. The van der Waals surface area contributed by atoms with Crippen molar-refractivity contribution < 1.29 is 0 Å². The van der Waals surface area contributed by atoms with Crippen LogP contribution in [-0.4, -0.2) is 35.7 Å². The molecule has 20 heavy (non-hydrogen) atoms. The molecule has 108 valence electrons. The topological polar surface area (TPSA) is 59.1 Å². The highest BCUT2D eigenvalue weighted by Gasteiger charge is 2.19. The number of anilines is 2. The minimum atomic E-state index is 0.819. The number of hydrogen-bond acceptors (Lipinski definition) is 4. The number of nitrogens with zero attached hydrogens (tertiary/aromatic N) is 3. The Hall–Kier alpha value is -1.75. The number of aryl methyl sites for hydroxylation is 2. The van der Waals surface area contributed by atoms with E-state index in [1.54, 1.807) is 0 Å². The van der Waals surface area contributed by atoms with E-state index in [-0.39, 0.29) is 0 Å². The molecule has 1 aliphatic heterocycles. The smallest absolute Gasteiger partial charge is 0.206 e. The summed E-state index contributed by atoms with van der Waals surface area (Å²) in [6, 6.07) is 4.06. The molecule has 0 amide bonds. The summed E-state index contributed by atoms with van der Waals surface area (Å²) >= 11 is 0. The molecule has 1 fully saturated rings. The van der Waals surface area contributed by atoms with E-state index in [9.17, 15) is 0 Å². The lowest BCUT2D eigenvalue weighted by Gasteiger charge is -2.28. The Morgan fingerprint density at radius 2 is 2.05 bits per heavy atom. The number of imidazole rings is 1. The van der Waals surface area contributed by atoms with Gasteiger partial charge >= 0.3 is 0 Å². The van der Waals surface area contributed by atoms with Crippen LogP contribution in [0.15, 0.2) is 12.1 Å². The van der Waals surface area contributed by atoms with Gasteiger partial charge < -0.3 is 20.5 Å². The van der Waals surface area contributed by atoms with Crippen LogP contribution in [-0.2, 0) is 6.54 Å². The lowest BCUT2D eigenvalue weighted by Crippen LogP contribution is -2.44. The Morgan fingerprint density at radius 1 is 1.30 bits per heavy atom. The summed E-state index contributed by atoms with van der Waals surface area (Å²) in [7, 11) is 0. The Balaban J connectivity index is 2.14. The van der Waals surface area contributed by atoms with Crippen molar-refractivity contribution in [2.75, 3.05) is 36.8 Å². The maximum Gasteiger partial charge on any atom is 0.206 e. The van der Waals surface area contributed by atoms with Gasteiger partial charge in [0.2, 0.25) is 5.95 Å². The van der Waals surface area contributed by atoms with Crippen molar-refractivity contribution in [3.05, 3.63) is 17.7 Å². The molecule has 2 heterocycles. The van der Waals surface area contributed by atoms with Crippen LogP contribution in [0.4, 0.5) is 11.6 Å². The molecule has 0 radical (unpaired) electrons. The fourth-order valence-corrected chi connectivity index (χ4v) is 2.96. The van der Waals surface area contributed by atoms with Gasteiger partial charge in [0, 0.05) is 38.4 Å². The first-order valence-electron chi connectivity index (χ1n) is 7.42. The van der Waals surface area contributed by atoms with E-state index < -0.39 is 0 Å². The third kappa shape index (κ3) is 2.22. The van der Waals surface area contributed by atoms with Gasteiger partial charge in [0.05, 0.1) is 11.0 Å². The SMILES string of the molecule is CCCn1c(N2CCNCC2)nc2c(C)cc(N)cc21. The highest BCUT2D eigenvalue weighted by Crippen LogP contribution is 2.27. The number of fused-ring (bicyclic) bond motifs is 1. The van der Waals surface area contributed by atoms with Crippen LogP contribution in [0, 0.1) is 6.92 Å². The zero-order valence-corrected chi connectivity index (χ0v) is 12.3. The largest absolute Gasteiger partial charge is 0.399 e. The predicted octanol–water partition coefficient (Wildman–Crippen LogP) is 1.75. The van der Waals surface area contributed by atoms with E-state index in [4.69, 9.17) is 10.7 Å². The van der Waals surface area contributed by atoms with Gasteiger partial charge in [-0.2, -0.15) is 0 Å². The quantitative estimate of drug-likeness (QED) is 0.836. The Morgan fingerprint density at radius 3 is 2.75 bits per heavy atom. The van der Waals surface area contributed by atoms with Gasteiger partial charge in [-0.25, -0.2) is 4.98 Å². The van der Waals surface area contributed by atoms with E-state index >= 15 is 0 Å². The number of aromatic nitrogens is 2. The number of rotatable bonds is 3. The first-order chi connectivity index (χ1) is 9.70. The van der Waals surface area contributed by atoms with Crippen molar-refractivity contribution in [3.63, 3.8) is 0 Å². The van der Waals surface area contributed by atoms with Crippen LogP contribution in [0.2, 0.25) is 0 Å². The molecule has 0 aliphatic carbocycles. The predicted molar refractivity (Wildman–Crippen MR) is 84.3 cm³/mol.